The molecule has 1 heterocycles. The Morgan fingerprint density at radius 1 is 1.13 bits per heavy atom. The lowest BCUT2D eigenvalue weighted by Gasteiger charge is -2.31. The molecule has 0 bridgehead atoms. The third-order valence-corrected chi connectivity index (χ3v) is 6.27. The lowest BCUT2D eigenvalue weighted by Crippen LogP contribution is -2.33. The van der Waals surface area contributed by atoms with Crippen LogP contribution in [0.1, 0.15) is 42.2 Å². The Morgan fingerprint density at radius 2 is 1.94 bits per heavy atom. The number of nitrogens with one attached hydrogen (secondary N) is 1. The van der Waals surface area contributed by atoms with E-state index in [-0.39, 0.29) is 17.6 Å². The molecule has 7 heteroatoms. The minimum atomic E-state index is -0.403. The largest absolute Gasteiger partial charge is 0.504 e. The van der Waals surface area contributed by atoms with Crippen LogP contribution in [0, 0.1) is 5.82 Å². The van der Waals surface area contributed by atoms with Gasteiger partial charge in [-0.2, -0.15) is 0 Å². The molecule has 0 unspecified atom stereocenters. The Labute approximate surface area is 197 Å². The van der Waals surface area contributed by atoms with Crippen LogP contribution in [-0.4, -0.2) is 17.4 Å². The molecule has 0 radical (unpaired) electrons. The number of phenolic OH excluding ortho intramolecular Hbond substituents is 1. The lowest BCUT2D eigenvalue weighted by atomic mass is 9.93. The molecule has 3 aromatic carbocycles. The molecule has 0 amide bonds. The summed E-state index contributed by atoms with van der Waals surface area (Å²) in [6.45, 7) is 2.34. The van der Waals surface area contributed by atoms with Crippen molar-refractivity contribution in [3.05, 3.63) is 92.1 Å². The van der Waals surface area contributed by atoms with Crippen LogP contribution in [0.5, 0.6) is 11.5 Å². The zero-order valence-electron chi connectivity index (χ0n) is 16.8. The Morgan fingerprint density at radius 3 is 2.68 bits per heavy atom. The number of rotatable bonds is 5. The number of hydrogen-bond acceptors (Lipinski definition) is 4. The van der Waals surface area contributed by atoms with Gasteiger partial charge in [0, 0.05) is 28.2 Å². The quantitative estimate of drug-likeness (QED) is 0.374. The van der Waals surface area contributed by atoms with Crippen molar-refractivity contribution in [2.45, 2.75) is 25.6 Å². The van der Waals surface area contributed by atoms with Gasteiger partial charge < -0.3 is 9.84 Å². The van der Waals surface area contributed by atoms with Crippen molar-refractivity contribution in [1.29, 1.82) is 0 Å². The second-order valence-electron chi connectivity index (χ2n) is 7.21. The molecule has 1 aliphatic rings. The highest BCUT2D eigenvalue weighted by Crippen LogP contribution is 2.39. The first-order chi connectivity index (χ1) is 15.0. The smallest absolute Gasteiger partial charge is 0.162 e. The summed E-state index contributed by atoms with van der Waals surface area (Å²) >= 11 is 6.80. The van der Waals surface area contributed by atoms with Gasteiger partial charge in [-0.3, -0.25) is 10.3 Å². The molecule has 4 rings (SSSR count). The highest BCUT2D eigenvalue weighted by atomic mass is 79.9. The fourth-order valence-corrected chi connectivity index (χ4v) is 4.49. The zero-order chi connectivity index (χ0) is 22.0. The molecule has 0 aromatic heterocycles. The van der Waals surface area contributed by atoms with E-state index in [2.05, 4.69) is 37.2 Å². The molecular formula is C24H21Br2FN2O2. The van der Waals surface area contributed by atoms with E-state index < -0.39 is 6.17 Å². The van der Waals surface area contributed by atoms with E-state index in [0.29, 0.717) is 23.2 Å². The van der Waals surface area contributed by atoms with Gasteiger partial charge in [-0.25, -0.2) is 4.39 Å². The lowest BCUT2D eigenvalue weighted by molar-refractivity contribution is 0.313. The van der Waals surface area contributed by atoms with E-state index in [9.17, 15) is 9.50 Å². The van der Waals surface area contributed by atoms with Gasteiger partial charge in [0.2, 0.25) is 0 Å². The number of ether oxygens (including phenoxy) is 1. The summed E-state index contributed by atoms with van der Waals surface area (Å²) < 4.78 is 20.7. The van der Waals surface area contributed by atoms with Crippen molar-refractivity contribution < 1.29 is 14.2 Å². The molecule has 0 saturated heterocycles. The summed E-state index contributed by atoms with van der Waals surface area (Å²) in [7, 11) is 0. The monoisotopic (exact) mass is 546 g/mol. The summed E-state index contributed by atoms with van der Waals surface area (Å²) in [6, 6.07) is 18.1. The van der Waals surface area contributed by atoms with Crippen molar-refractivity contribution in [3.8, 4) is 11.5 Å². The Kier molecular flexibility index (Phi) is 6.74. The fraction of sp³-hybridized carbons (Fsp3) is 0.208. The zero-order valence-corrected chi connectivity index (χ0v) is 20.0. The maximum atomic E-state index is 13.8. The van der Waals surface area contributed by atoms with Gasteiger partial charge in [-0.1, -0.05) is 46.3 Å². The molecule has 0 fully saturated rings. The van der Waals surface area contributed by atoms with Crippen molar-refractivity contribution in [2.75, 3.05) is 6.61 Å². The topological polar surface area (TPSA) is 53.8 Å². The average molecular weight is 548 g/mol. The van der Waals surface area contributed by atoms with Gasteiger partial charge in [0.05, 0.1) is 11.1 Å². The highest BCUT2D eigenvalue weighted by Gasteiger charge is 2.29. The number of aliphatic imine (C=N–C) groups is 1. The summed E-state index contributed by atoms with van der Waals surface area (Å²) in [5.74, 6) is 0.250. The second-order valence-corrected chi connectivity index (χ2v) is 8.98. The standard InChI is InChI=1S/C24H21Br2FN2O2/c1-2-31-22-8-4-7-17(23(22)30)21-13-20(14-5-3-6-16(25)11-14)28-24(29-21)15-9-10-19(27)18(26)12-15/h3-12,21,24,29-30H,2,13H2,1H3/t21-,24+/m0/s1. The molecule has 0 aliphatic carbocycles. The molecule has 160 valence electrons. The van der Waals surface area contributed by atoms with Crippen molar-refractivity contribution in [2.24, 2.45) is 4.99 Å². The molecule has 0 saturated carbocycles. The van der Waals surface area contributed by atoms with Crippen LogP contribution >= 0.6 is 31.9 Å². The van der Waals surface area contributed by atoms with Crippen LogP contribution in [-0.2, 0) is 0 Å². The summed E-state index contributed by atoms with van der Waals surface area (Å²) in [4.78, 5) is 4.93. The van der Waals surface area contributed by atoms with Gasteiger partial charge in [0.15, 0.2) is 11.5 Å². The van der Waals surface area contributed by atoms with Crippen LogP contribution in [0.3, 0.4) is 0 Å². The predicted octanol–water partition coefficient (Wildman–Crippen LogP) is 6.68. The fourth-order valence-electron chi connectivity index (χ4n) is 3.69. The van der Waals surface area contributed by atoms with Crippen molar-refractivity contribution in [1.82, 2.24) is 5.32 Å². The van der Waals surface area contributed by atoms with Crippen LogP contribution in [0.15, 0.2) is 74.6 Å². The average Bonchev–Trinajstić information content (AvgIpc) is 2.77. The first kappa shape index (κ1) is 22.0. The Hall–Kier alpha value is -2.22. The van der Waals surface area contributed by atoms with Crippen LogP contribution in [0.25, 0.3) is 0 Å². The third kappa shape index (κ3) is 4.84. The van der Waals surface area contributed by atoms with E-state index in [4.69, 9.17) is 9.73 Å². The number of nitrogens with zero attached hydrogens (tertiary/aromatic N) is 1. The number of benzene rings is 3. The first-order valence-corrected chi connectivity index (χ1v) is 11.5. The predicted molar refractivity (Wildman–Crippen MR) is 127 cm³/mol. The number of hydrogen-bond donors (Lipinski definition) is 2. The second kappa shape index (κ2) is 9.51. The van der Waals surface area contributed by atoms with Crippen molar-refractivity contribution in [3.63, 3.8) is 0 Å². The molecule has 2 atom stereocenters. The minimum Gasteiger partial charge on any atom is -0.504 e. The van der Waals surface area contributed by atoms with Gasteiger partial charge in [0.1, 0.15) is 12.0 Å². The number of phenols is 1. The molecule has 31 heavy (non-hydrogen) atoms. The SMILES string of the molecule is CCOc1cccc([C@@H]2CC(c3cccc(Br)c3)=N[C@@H](c3ccc(F)c(Br)c3)N2)c1O. The van der Waals surface area contributed by atoms with Crippen LogP contribution in [0.4, 0.5) is 4.39 Å². The molecule has 2 N–H and O–H groups in total. The third-order valence-electron chi connectivity index (χ3n) is 5.16. The van der Waals surface area contributed by atoms with Gasteiger partial charge >= 0.3 is 0 Å². The summed E-state index contributed by atoms with van der Waals surface area (Å²) in [6.07, 6.45) is 0.179. The van der Waals surface area contributed by atoms with Crippen molar-refractivity contribution >= 4 is 37.6 Å². The van der Waals surface area contributed by atoms with E-state index in [1.165, 1.54) is 6.07 Å². The van der Waals surface area contributed by atoms with Gasteiger partial charge in [-0.15, -0.1) is 0 Å². The van der Waals surface area contributed by atoms with Gasteiger partial charge in [0.25, 0.3) is 0 Å². The van der Waals surface area contributed by atoms with E-state index in [1.807, 2.05) is 43.3 Å². The number of aromatic hydroxyl groups is 1. The van der Waals surface area contributed by atoms with Crippen LogP contribution in [0.2, 0.25) is 0 Å². The Bertz CT molecular complexity index is 1140. The molecular weight excluding hydrogens is 527 g/mol. The number of para-hydroxylation sites is 1. The highest BCUT2D eigenvalue weighted by molar-refractivity contribution is 9.10. The maximum Gasteiger partial charge on any atom is 0.162 e. The molecule has 1 aliphatic heterocycles. The Balaban J connectivity index is 1.77. The van der Waals surface area contributed by atoms with E-state index in [1.54, 1.807) is 18.2 Å². The molecule has 0 spiro atoms. The summed E-state index contributed by atoms with van der Waals surface area (Å²) in [5, 5.41) is 14.3. The summed E-state index contributed by atoms with van der Waals surface area (Å²) in [5.41, 5.74) is 3.45. The van der Waals surface area contributed by atoms with E-state index >= 15 is 0 Å². The normalized spacial score (nSPS) is 18.5. The minimum absolute atomic E-state index is 0.122. The molecule has 3 aromatic rings. The first-order valence-electron chi connectivity index (χ1n) is 9.94. The van der Waals surface area contributed by atoms with Crippen LogP contribution < -0.4 is 10.1 Å². The number of halogens is 3. The molecule has 4 nitrogen and oxygen atoms in total. The van der Waals surface area contributed by atoms with Gasteiger partial charge in [-0.05, 0) is 64.3 Å². The maximum absolute atomic E-state index is 13.8. The van der Waals surface area contributed by atoms with E-state index in [0.717, 1.165) is 26.9 Å².